The number of benzene rings is 1. The third-order valence-electron chi connectivity index (χ3n) is 4.01. The van der Waals surface area contributed by atoms with Crippen molar-refractivity contribution in [2.24, 2.45) is 11.7 Å². The molecule has 0 aromatic heterocycles. The van der Waals surface area contributed by atoms with Crippen molar-refractivity contribution in [3.63, 3.8) is 0 Å². The predicted octanol–water partition coefficient (Wildman–Crippen LogP) is 2.21. The number of nitrogens with two attached hydrogens (primary N) is 1. The summed E-state index contributed by atoms with van der Waals surface area (Å²) in [6.07, 6.45) is 1.08. The summed E-state index contributed by atoms with van der Waals surface area (Å²) in [4.78, 5) is 24.4. The number of nitro benzene ring substituents is 1. The smallest absolute Gasteiger partial charge is 0.312 e. The van der Waals surface area contributed by atoms with E-state index in [2.05, 4.69) is 0 Å². The van der Waals surface area contributed by atoms with Gasteiger partial charge in [-0.15, -0.1) is 0 Å². The van der Waals surface area contributed by atoms with Crippen LogP contribution in [0.4, 0.5) is 5.69 Å². The molecule has 1 saturated heterocycles. The van der Waals surface area contributed by atoms with Crippen LogP contribution < -0.4 is 10.5 Å². The lowest BCUT2D eigenvalue weighted by Crippen LogP contribution is -2.35. The fourth-order valence-electron chi connectivity index (χ4n) is 2.81. The lowest BCUT2D eigenvalue weighted by atomic mass is 10.1. The predicted molar refractivity (Wildman–Crippen MR) is 86.6 cm³/mol. The number of ether oxygens (including phenoxy) is 1. The fourth-order valence-corrected chi connectivity index (χ4v) is 2.97. The minimum atomic E-state index is -0.558. The molecule has 1 aliphatic rings. The molecule has 1 amide bonds. The van der Waals surface area contributed by atoms with Crippen LogP contribution in [0.1, 0.15) is 19.8 Å². The van der Waals surface area contributed by atoms with Crippen molar-refractivity contribution in [1.29, 1.82) is 0 Å². The van der Waals surface area contributed by atoms with Gasteiger partial charge in [0.2, 0.25) is 5.91 Å². The van der Waals surface area contributed by atoms with Gasteiger partial charge in [0.15, 0.2) is 5.75 Å². The second-order valence-electron chi connectivity index (χ2n) is 5.70. The van der Waals surface area contributed by atoms with E-state index in [0.29, 0.717) is 19.0 Å². The van der Waals surface area contributed by atoms with Crippen LogP contribution in [0.25, 0.3) is 0 Å². The molecule has 2 atom stereocenters. The normalized spacial score (nSPS) is 20.6. The van der Waals surface area contributed by atoms with Gasteiger partial charge in [-0.2, -0.15) is 0 Å². The van der Waals surface area contributed by atoms with Crippen LogP contribution in [0.5, 0.6) is 5.75 Å². The van der Waals surface area contributed by atoms with Gasteiger partial charge in [-0.1, -0.05) is 11.6 Å². The second kappa shape index (κ2) is 7.61. The average molecular weight is 342 g/mol. The minimum absolute atomic E-state index is 0.0231. The van der Waals surface area contributed by atoms with E-state index < -0.39 is 4.92 Å². The molecule has 1 aromatic carbocycles. The third-order valence-corrected chi connectivity index (χ3v) is 4.24. The molecule has 126 valence electrons. The van der Waals surface area contributed by atoms with E-state index in [-0.39, 0.29) is 41.4 Å². The van der Waals surface area contributed by atoms with Gasteiger partial charge in [0.25, 0.3) is 0 Å². The second-order valence-corrected chi connectivity index (χ2v) is 6.14. The molecule has 7 nitrogen and oxygen atoms in total. The van der Waals surface area contributed by atoms with Crippen LogP contribution >= 0.6 is 11.6 Å². The lowest BCUT2D eigenvalue weighted by Gasteiger charge is -2.21. The molecule has 0 saturated carbocycles. The highest BCUT2D eigenvalue weighted by atomic mass is 35.5. The maximum Gasteiger partial charge on any atom is 0.312 e. The molecule has 0 spiro atoms. The number of halogens is 1. The van der Waals surface area contributed by atoms with Crippen molar-refractivity contribution in [3.8, 4) is 5.75 Å². The van der Waals surface area contributed by atoms with Gasteiger partial charge in [-0.25, -0.2) is 0 Å². The zero-order valence-corrected chi connectivity index (χ0v) is 13.7. The summed E-state index contributed by atoms with van der Waals surface area (Å²) in [5.41, 5.74) is 5.45. The van der Waals surface area contributed by atoms with E-state index in [9.17, 15) is 14.9 Å². The molecule has 1 fully saturated rings. The van der Waals surface area contributed by atoms with E-state index in [1.807, 2.05) is 6.92 Å². The van der Waals surface area contributed by atoms with E-state index in [4.69, 9.17) is 22.1 Å². The Bertz CT molecular complexity index is 596. The van der Waals surface area contributed by atoms with Gasteiger partial charge in [0.1, 0.15) is 0 Å². The van der Waals surface area contributed by atoms with Gasteiger partial charge in [0, 0.05) is 23.7 Å². The summed E-state index contributed by atoms with van der Waals surface area (Å²) in [6, 6.07) is 4.35. The summed E-state index contributed by atoms with van der Waals surface area (Å²) in [5, 5.41) is 11.2. The quantitative estimate of drug-likeness (QED) is 0.631. The Hall–Kier alpha value is -1.86. The Labute approximate surface area is 139 Å². The van der Waals surface area contributed by atoms with Crippen LogP contribution in [0, 0.1) is 16.0 Å². The zero-order chi connectivity index (χ0) is 17.0. The number of carbonyl (C=O) groups is 1. The SMILES string of the molecule is CC1CC(CN)CN1C(=O)CCOc1ccc(Cl)cc1[N+](=O)[O-]. The van der Waals surface area contributed by atoms with Crippen LogP contribution in [0.3, 0.4) is 0 Å². The number of rotatable bonds is 6. The highest BCUT2D eigenvalue weighted by molar-refractivity contribution is 6.30. The van der Waals surface area contributed by atoms with E-state index >= 15 is 0 Å². The van der Waals surface area contributed by atoms with Crippen molar-refractivity contribution < 1.29 is 14.5 Å². The highest BCUT2D eigenvalue weighted by Gasteiger charge is 2.31. The molecule has 8 heteroatoms. The topological polar surface area (TPSA) is 98.7 Å². The first-order chi connectivity index (χ1) is 10.9. The molecular weight excluding hydrogens is 322 g/mol. The van der Waals surface area contributed by atoms with Crippen LogP contribution in [-0.4, -0.2) is 41.5 Å². The molecule has 2 rings (SSSR count). The number of carbonyl (C=O) groups excluding carboxylic acids is 1. The molecule has 1 aromatic rings. The largest absolute Gasteiger partial charge is 0.486 e. The standard InChI is InChI=1S/C15H20ClN3O4/c1-10-6-11(8-17)9-18(10)15(20)4-5-23-14-3-2-12(16)7-13(14)19(21)22/h2-3,7,10-11H,4-6,8-9,17H2,1H3. The Morgan fingerprint density at radius 2 is 2.30 bits per heavy atom. The molecule has 1 heterocycles. The van der Waals surface area contributed by atoms with Gasteiger partial charge in [-0.3, -0.25) is 14.9 Å². The van der Waals surface area contributed by atoms with Crippen molar-refractivity contribution >= 4 is 23.2 Å². The monoisotopic (exact) mass is 341 g/mol. The van der Waals surface area contributed by atoms with Crippen molar-refractivity contribution in [2.75, 3.05) is 19.7 Å². The van der Waals surface area contributed by atoms with Gasteiger partial charge >= 0.3 is 5.69 Å². The fraction of sp³-hybridized carbons (Fsp3) is 0.533. The maximum atomic E-state index is 12.2. The Balaban J connectivity index is 1.90. The molecule has 1 aliphatic heterocycles. The van der Waals surface area contributed by atoms with Crippen LogP contribution in [-0.2, 0) is 4.79 Å². The summed E-state index contributed by atoms with van der Waals surface area (Å²) < 4.78 is 5.40. The molecule has 0 radical (unpaired) electrons. The van der Waals surface area contributed by atoms with Gasteiger partial charge < -0.3 is 15.4 Å². The number of nitrogens with zero attached hydrogens (tertiary/aromatic N) is 2. The van der Waals surface area contributed by atoms with E-state index in [1.54, 1.807) is 4.90 Å². The summed E-state index contributed by atoms with van der Waals surface area (Å²) in [7, 11) is 0. The number of amides is 1. The summed E-state index contributed by atoms with van der Waals surface area (Å²) in [6.45, 7) is 3.31. The van der Waals surface area contributed by atoms with Crippen LogP contribution in [0.2, 0.25) is 5.02 Å². The number of likely N-dealkylation sites (tertiary alicyclic amines) is 1. The molecule has 0 bridgehead atoms. The first kappa shape index (κ1) is 17.5. The highest BCUT2D eigenvalue weighted by Crippen LogP contribution is 2.30. The Morgan fingerprint density at radius 3 is 2.91 bits per heavy atom. The Morgan fingerprint density at radius 1 is 1.57 bits per heavy atom. The lowest BCUT2D eigenvalue weighted by molar-refractivity contribution is -0.385. The van der Waals surface area contributed by atoms with E-state index in [0.717, 1.165) is 6.42 Å². The molecule has 23 heavy (non-hydrogen) atoms. The number of nitro groups is 1. The van der Waals surface area contributed by atoms with Gasteiger partial charge in [-0.05, 0) is 37.9 Å². The summed E-state index contributed by atoms with van der Waals surface area (Å²) >= 11 is 5.74. The Kier molecular flexibility index (Phi) is 5.79. The van der Waals surface area contributed by atoms with Crippen molar-refractivity contribution in [1.82, 2.24) is 4.90 Å². The first-order valence-corrected chi connectivity index (χ1v) is 7.86. The number of hydrogen-bond acceptors (Lipinski definition) is 5. The van der Waals surface area contributed by atoms with Gasteiger partial charge in [0.05, 0.1) is 18.0 Å². The van der Waals surface area contributed by atoms with Crippen molar-refractivity contribution in [2.45, 2.75) is 25.8 Å². The minimum Gasteiger partial charge on any atom is -0.486 e. The van der Waals surface area contributed by atoms with Crippen LogP contribution in [0.15, 0.2) is 18.2 Å². The first-order valence-electron chi connectivity index (χ1n) is 7.48. The number of hydrogen-bond donors (Lipinski definition) is 1. The maximum absolute atomic E-state index is 12.2. The molecule has 2 unspecified atom stereocenters. The summed E-state index contributed by atoms with van der Waals surface area (Å²) in [5.74, 6) is 0.429. The molecule has 0 aliphatic carbocycles. The third kappa shape index (κ3) is 4.33. The average Bonchev–Trinajstić information content (AvgIpc) is 2.89. The van der Waals surface area contributed by atoms with Crippen molar-refractivity contribution in [3.05, 3.63) is 33.3 Å². The van der Waals surface area contributed by atoms with E-state index in [1.165, 1.54) is 18.2 Å². The molecule has 2 N–H and O–H groups in total. The molecular formula is C15H20ClN3O4. The zero-order valence-electron chi connectivity index (χ0n) is 12.9.